The number of rotatable bonds is 2. The molecule has 2 unspecified atom stereocenters. The molecule has 0 aromatic rings. The maximum atomic E-state index is 12.7. The van der Waals surface area contributed by atoms with Crippen molar-refractivity contribution in [3.63, 3.8) is 0 Å². The lowest BCUT2D eigenvalue weighted by Gasteiger charge is -2.42. The Morgan fingerprint density at radius 2 is 1.55 bits per heavy atom. The summed E-state index contributed by atoms with van der Waals surface area (Å²) in [5, 5.41) is 10.2. The average Bonchev–Trinajstić information content (AvgIpc) is 2.56. The number of piperidine rings is 2. The smallest absolute Gasteiger partial charge is 0.225 e. The molecule has 1 N–H and O–H groups in total. The van der Waals surface area contributed by atoms with Crippen LogP contribution in [0.15, 0.2) is 0 Å². The first-order valence-corrected chi connectivity index (χ1v) is 9.36. The second kappa shape index (κ2) is 7.31. The molecule has 0 spiro atoms. The number of hydrogen-bond donors (Lipinski definition) is 1. The Morgan fingerprint density at radius 3 is 2.18 bits per heavy atom. The lowest BCUT2D eigenvalue weighted by atomic mass is 9.87. The summed E-state index contributed by atoms with van der Waals surface area (Å²) in [5.74, 6) is 1.40. The quantitative estimate of drug-likeness (QED) is 0.851. The van der Waals surface area contributed by atoms with Crippen LogP contribution in [0, 0.1) is 11.8 Å². The first kappa shape index (κ1) is 16.3. The van der Waals surface area contributed by atoms with Gasteiger partial charge in [0.2, 0.25) is 5.91 Å². The lowest BCUT2D eigenvalue weighted by Crippen LogP contribution is -2.51. The molecule has 3 fully saturated rings. The van der Waals surface area contributed by atoms with Crippen LogP contribution in [-0.2, 0) is 4.79 Å². The highest BCUT2D eigenvalue weighted by Gasteiger charge is 2.34. The molecule has 1 aliphatic carbocycles. The second-order valence-electron chi connectivity index (χ2n) is 7.74. The van der Waals surface area contributed by atoms with Gasteiger partial charge in [-0.3, -0.25) is 9.69 Å². The minimum atomic E-state index is -0.149. The van der Waals surface area contributed by atoms with E-state index in [2.05, 4.69) is 16.7 Å². The third-order valence-electron chi connectivity index (χ3n) is 6.14. The SMILES string of the molecule is CC1CCN(C(=O)C2CCN(C3CCCCC3O)CC2)CC1. The summed E-state index contributed by atoms with van der Waals surface area (Å²) in [5.41, 5.74) is 0. The van der Waals surface area contributed by atoms with E-state index < -0.39 is 0 Å². The van der Waals surface area contributed by atoms with Crippen LogP contribution in [0.2, 0.25) is 0 Å². The molecular formula is C18H32N2O2. The Balaban J connectivity index is 1.48. The second-order valence-corrected chi connectivity index (χ2v) is 7.74. The van der Waals surface area contributed by atoms with E-state index in [-0.39, 0.29) is 12.0 Å². The summed E-state index contributed by atoms with van der Waals surface area (Å²) < 4.78 is 0. The van der Waals surface area contributed by atoms with E-state index in [9.17, 15) is 9.90 Å². The van der Waals surface area contributed by atoms with Crippen LogP contribution in [-0.4, -0.2) is 59.1 Å². The Kier molecular flexibility index (Phi) is 5.40. The van der Waals surface area contributed by atoms with Crippen molar-refractivity contribution in [3.05, 3.63) is 0 Å². The predicted molar refractivity (Wildman–Crippen MR) is 87.5 cm³/mol. The van der Waals surface area contributed by atoms with Crippen LogP contribution in [0.1, 0.15) is 58.3 Å². The van der Waals surface area contributed by atoms with Gasteiger partial charge < -0.3 is 10.0 Å². The van der Waals surface area contributed by atoms with Gasteiger partial charge in [0.05, 0.1) is 6.10 Å². The number of aliphatic hydroxyl groups excluding tert-OH is 1. The fraction of sp³-hybridized carbons (Fsp3) is 0.944. The van der Waals surface area contributed by atoms with Crippen LogP contribution >= 0.6 is 0 Å². The maximum Gasteiger partial charge on any atom is 0.225 e. The molecule has 2 saturated heterocycles. The third kappa shape index (κ3) is 3.65. The van der Waals surface area contributed by atoms with Crippen molar-refractivity contribution in [1.82, 2.24) is 9.80 Å². The number of aliphatic hydroxyl groups is 1. The number of carbonyl (C=O) groups is 1. The summed E-state index contributed by atoms with van der Waals surface area (Å²) in [6.07, 6.45) is 8.63. The molecule has 22 heavy (non-hydrogen) atoms. The maximum absolute atomic E-state index is 12.7. The fourth-order valence-electron chi connectivity index (χ4n) is 4.48. The van der Waals surface area contributed by atoms with Gasteiger partial charge in [0.25, 0.3) is 0 Å². The van der Waals surface area contributed by atoms with Gasteiger partial charge in [0, 0.05) is 25.0 Å². The average molecular weight is 308 g/mol. The molecule has 2 heterocycles. The van der Waals surface area contributed by atoms with Gasteiger partial charge in [0.1, 0.15) is 0 Å². The van der Waals surface area contributed by atoms with Gasteiger partial charge in [-0.25, -0.2) is 0 Å². The van der Waals surface area contributed by atoms with E-state index >= 15 is 0 Å². The molecule has 2 aliphatic heterocycles. The molecule has 0 aromatic heterocycles. The molecule has 1 saturated carbocycles. The van der Waals surface area contributed by atoms with Crippen molar-refractivity contribution in [2.24, 2.45) is 11.8 Å². The molecule has 0 radical (unpaired) electrons. The number of nitrogens with zero attached hydrogens (tertiary/aromatic N) is 2. The van der Waals surface area contributed by atoms with Crippen LogP contribution < -0.4 is 0 Å². The topological polar surface area (TPSA) is 43.8 Å². The minimum absolute atomic E-state index is 0.149. The first-order chi connectivity index (χ1) is 10.6. The summed E-state index contributed by atoms with van der Waals surface area (Å²) >= 11 is 0. The monoisotopic (exact) mass is 308 g/mol. The molecule has 4 nitrogen and oxygen atoms in total. The molecule has 0 bridgehead atoms. The van der Waals surface area contributed by atoms with Gasteiger partial charge in [-0.05, 0) is 57.5 Å². The highest BCUT2D eigenvalue weighted by Crippen LogP contribution is 2.29. The summed E-state index contributed by atoms with van der Waals surface area (Å²) in [4.78, 5) is 17.2. The Hall–Kier alpha value is -0.610. The molecule has 3 aliphatic rings. The third-order valence-corrected chi connectivity index (χ3v) is 6.14. The van der Waals surface area contributed by atoms with Gasteiger partial charge in [-0.1, -0.05) is 19.8 Å². The van der Waals surface area contributed by atoms with E-state index in [4.69, 9.17) is 0 Å². The fourth-order valence-corrected chi connectivity index (χ4v) is 4.48. The Labute approximate surface area is 134 Å². The van der Waals surface area contributed by atoms with Crippen molar-refractivity contribution in [2.45, 2.75) is 70.4 Å². The predicted octanol–water partition coefficient (Wildman–Crippen LogP) is 2.26. The molecule has 2 atom stereocenters. The normalized spacial score (nSPS) is 33.1. The van der Waals surface area contributed by atoms with Crippen LogP contribution in [0.3, 0.4) is 0 Å². The lowest BCUT2D eigenvalue weighted by molar-refractivity contribution is -0.139. The van der Waals surface area contributed by atoms with Gasteiger partial charge in [0.15, 0.2) is 0 Å². The minimum Gasteiger partial charge on any atom is -0.391 e. The van der Waals surface area contributed by atoms with Crippen molar-refractivity contribution in [1.29, 1.82) is 0 Å². The number of carbonyl (C=O) groups excluding carboxylic acids is 1. The van der Waals surface area contributed by atoms with Crippen LogP contribution in [0.25, 0.3) is 0 Å². The molecule has 1 amide bonds. The Bertz CT molecular complexity index is 371. The van der Waals surface area contributed by atoms with Crippen molar-refractivity contribution >= 4 is 5.91 Å². The summed E-state index contributed by atoms with van der Waals surface area (Å²) in [6.45, 7) is 6.18. The number of amides is 1. The zero-order valence-corrected chi connectivity index (χ0v) is 14.0. The molecule has 0 aromatic carbocycles. The van der Waals surface area contributed by atoms with Gasteiger partial charge in [-0.15, -0.1) is 0 Å². The zero-order chi connectivity index (χ0) is 15.5. The van der Waals surface area contributed by atoms with Crippen molar-refractivity contribution in [3.8, 4) is 0 Å². The highest BCUT2D eigenvalue weighted by atomic mass is 16.3. The van der Waals surface area contributed by atoms with Gasteiger partial charge in [-0.2, -0.15) is 0 Å². The van der Waals surface area contributed by atoms with Crippen molar-refractivity contribution < 1.29 is 9.90 Å². The zero-order valence-electron chi connectivity index (χ0n) is 14.0. The van der Waals surface area contributed by atoms with Crippen LogP contribution in [0.4, 0.5) is 0 Å². The molecule has 126 valence electrons. The molecular weight excluding hydrogens is 276 g/mol. The summed E-state index contributed by atoms with van der Waals surface area (Å²) in [7, 11) is 0. The van der Waals surface area contributed by atoms with Crippen molar-refractivity contribution in [2.75, 3.05) is 26.2 Å². The number of likely N-dealkylation sites (tertiary alicyclic amines) is 2. The van der Waals surface area contributed by atoms with E-state index in [0.717, 1.165) is 57.8 Å². The molecule has 4 heteroatoms. The summed E-state index contributed by atoms with van der Waals surface area (Å²) in [6, 6.07) is 0.348. The molecule has 3 rings (SSSR count). The van der Waals surface area contributed by atoms with Crippen LogP contribution in [0.5, 0.6) is 0 Å². The highest BCUT2D eigenvalue weighted by molar-refractivity contribution is 5.79. The number of hydrogen-bond acceptors (Lipinski definition) is 3. The van der Waals surface area contributed by atoms with Gasteiger partial charge >= 0.3 is 0 Å². The van der Waals surface area contributed by atoms with E-state index in [1.54, 1.807) is 0 Å². The van der Waals surface area contributed by atoms with E-state index in [0.29, 0.717) is 11.9 Å². The van der Waals surface area contributed by atoms with E-state index in [1.165, 1.54) is 25.7 Å². The first-order valence-electron chi connectivity index (χ1n) is 9.36. The largest absolute Gasteiger partial charge is 0.391 e. The Morgan fingerprint density at radius 1 is 0.909 bits per heavy atom. The van der Waals surface area contributed by atoms with E-state index in [1.807, 2.05) is 0 Å². The standard InChI is InChI=1S/C18H32N2O2/c1-14-6-10-20(11-7-14)18(22)15-8-12-19(13-9-15)16-4-2-3-5-17(16)21/h14-17,21H,2-13H2,1H3.